The second kappa shape index (κ2) is 13.7. The standard InChI is InChI=1S/C32H42N2O4S/c1-23(2)20-34(31(36)25-11-13-26(14-12-25)32(3,4)5)22-30(35)33(21-27-9-8-18-39-27)17-16-24-10-15-28(37-6)29(19-24)38-7/h8-15,18-19,23H,16-17,20-22H2,1-7H3. The van der Waals surface area contributed by atoms with Gasteiger partial charge in [-0.2, -0.15) is 0 Å². The first-order valence-electron chi connectivity index (χ1n) is 13.4. The van der Waals surface area contributed by atoms with E-state index in [1.165, 1.54) is 5.56 Å². The summed E-state index contributed by atoms with van der Waals surface area (Å²) in [7, 11) is 3.23. The van der Waals surface area contributed by atoms with Gasteiger partial charge in [-0.05, 0) is 64.6 Å². The predicted molar refractivity (Wildman–Crippen MR) is 159 cm³/mol. The van der Waals surface area contributed by atoms with E-state index in [4.69, 9.17) is 9.47 Å². The van der Waals surface area contributed by atoms with Crippen LogP contribution in [0.1, 0.15) is 61.0 Å². The second-order valence-corrected chi connectivity index (χ2v) is 12.3. The Labute approximate surface area is 237 Å². The van der Waals surface area contributed by atoms with Crippen LogP contribution in [0, 0.1) is 5.92 Å². The number of benzene rings is 2. The Bertz CT molecular complexity index is 1210. The van der Waals surface area contributed by atoms with Crippen LogP contribution in [-0.2, 0) is 23.2 Å². The van der Waals surface area contributed by atoms with Crippen LogP contribution in [0.25, 0.3) is 0 Å². The number of hydrogen-bond donors (Lipinski definition) is 0. The number of carbonyl (C=O) groups excluding carboxylic acids is 2. The van der Waals surface area contributed by atoms with E-state index in [1.807, 2.05) is 64.9 Å². The third-order valence-corrected chi connectivity index (χ3v) is 7.46. The zero-order valence-electron chi connectivity index (χ0n) is 24.3. The van der Waals surface area contributed by atoms with Gasteiger partial charge in [0.2, 0.25) is 5.91 Å². The Morgan fingerprint density at radius 3 is 2.18 bits per heavy atom. The van der Waals surface area contributed by atoms with E-state index in [1.54, 1.807) is 30.5 Å². The van der Waals surface area contributed by atoms with E-state index in [0.717, 1.165) is 10.4 Å². The van der Waals surface area contributed by atoms with Crippen molar-refractivity contribution in [2.24, 2.45) is 5.92 Å². The molecule has 0 saturated heterocycles. The maximum absolute atomic E-state index is 13.7. The van der Waals surface area contributed by atoms with Crippen molar-refractivity contribution in [3.8, 4) is 11.5 Å². The van der Waals surface area contributed by atoms with Gasteiger partial charge in [-0.25, -0.2) is 0 Å². The summed E-state index contributed by atoms with van der Waals surface area (Å²) >= 11 is 1.63. The first-order chi connectivity index (χ1) is 18.5. The molecule has 3 rings (SSSR count). The van der Waals surface area contributed by atoms with Crippen molar-refractivity contribution in [1.29, 1.82) is 0 Å². The molecule has 210 valence electrons. The summed E-state index contributed by atoms with van der Waals surface area (Å²) in [6.45, 7) is 12.2. The number of nitrogens with zero attached hydrogens (tertiary/aromatic N) is 2. The number of rotatable bonds is 12. The molecule has 0 atom stereocenters. The van der Waals surface area contributed by atoms with Gasteiger partial charge < -0.3 is 19.3 Å². The monoisotopic (exact) mass is 550 g/mol. The minimum atomic E-state index is -0.117. The summed E-state index contributed by atoms with van der Waals surface area (Å²) in [6.07, 6.45) is 0.657. The van der Waals surface area contributed by atoms with Gasteiger partial charge >= 0.3 is 0 Å². The Morgan fingerprint density at radius 2 is 1.62 bits per heavy atom. The molecule has 39 heavy (non-hydrogen) atoms. The zero-order chi connectivity index (χ0) is 28.6. The highest BCUT2D eigenvalue weighted by molar-refractivity contribution is 7.09. The number of amides is 2. The number of thiophene rings is 1. The van der Waals surface area contributed by atoms with Crippen LogP contribution in [0.3, 0.4) is 0 Å². The molecular formula is C32H42N2O4S. The Kier molecular flexibility index (Phi) is 10.6. The first-order valence-corrected chi connectivity index (χ1v) is 14.3. The van der Waals surface area contributed by atoms with Crippen molar-refractivity contribution in [3.05, 3.63) is 81.5 Å². The van der Waals surface area contributed by atoms with Crippen molar-refractivity contribution >= 4 is 23.2 Å². The summed E-state index contributed by atoms with van der Waals surface area (Å²) in [5.74, 6) is 1.38. The molecule has 7 heteroatoms. The molecule has 1 aromatic heterocycles. The fraction of sp³-hybridized carbons (Fsp3) is 0.438. The molecule has 3 aromatic rings. The molecule has 2 amide bonds. The third kappa shape index (κ3) is 8.59. The average molecular weight is 551 g/mol. The summed E-state index contributed by atoms with van der Waals surface area (Å²) in [5.41, 5.74) is 2.82. The van der Waals surface area contributed by atoms with Crippen LogP contribution in [-0.4, -0.2) is 55.5 Å². The van der Waals surface area contributed by atoms with Crippen molar-refractivity contribution in [2.45, 2.75) is 53.0 Å². The second-order valence-electron chi connectivity index (χ2n) is 11.2. The van der Waals surface area contributed by atoms with Crippen LogP contribution in [0.2, 0.25) is 0 Å². The maximum atomic E-state index is 13.7. The number of ether oxygens (including phenoxy) is 2. The molecule has 0 N–H and O–H groups in total. The van der Waals surface area contributed by atoms with Crippen LogP contribution in [0.5, 0.6) is 11.5 Å². The lowest BCUT2D eigenvalue weighted by Gasteiger charge is -2.29. The first kappa shape index (κ1) is 30.2. The topological polar surface area (TPSA) is 59.1 Å². The normalized spacial score (nSPS) is 11.4. The van der Waals surface area contributed by atoms with Crippen LogP contribution in [0.15, 0.2) is 60.0 Å². The molecule has 0 aliphatic carbocycles. The fourth-order valence-electron chi connectivity index (χ4n) is 4.40. The van der Waals surface area contributed by atoms with E-state index < -0.39 is 0 Å². The highest BCUT2D eigenvalue weighted by atomic mass is 32.1. The van der Waals surface area contributed by atoms with Gasteiger partial charge in [0.25, 0.3) is 5.91 Å². The lowest BCUT2D eigenvalue weighted by atomic mass is 9.86. The van der Waals surface area contributed by atoms with E-state index in [9.17, 15) is 9.59 Å². The maximum Gasteiger partial charge on any atom is 0.254 e. The minimum absolute atomic E-state index is 0.00532. The molecular weight excluding hydrogens is 508 g/mol. The molecule has 0 aliphatic rings. The largest absolute Gasteiger partial charge is 0.493 e. The van der Waals surface area contributed by atoms with Gasteiger partial charge in [0, 0.05) is 23.5 Å². The summed E-state index contributed by atoms with van der Waals surface area (Å²) < 4.78 is 10.8. The molecule has 0 aliphatic heterocycles. The summed E-state index contributed by atoms with van der Waals surface area (Å²) in [4.78, 5) is 31.9. The van der Waals surface area contributed by atoms with Crippen molar-refractivity contribution in [3.63, 3.8) is 0 Å². The quantitative estimate of drug-likeness (QED) is 0.261. The third-order valence-electron chi connectivity index (χ3n) is 6.59. The van der Waals surface area contributed by atoms with E-state index in [-0.39, 0.29) is 29.7 Å². The number of carbonyl (C=O) groups is 2. The van der Waals surface area contributed by atoms with E-state index >= 15 is 0 Å². The van der Waals surface area contributed by atoms with Crippen LogP contribution < -0.4 is 9.47 Å². The Morgan fingerprint density at radius 1 is 0.923 bits per heavy atom. The van der Waals surface area contributed by atoms with Crippen molar-refractivity contribution < 1.29 is 19.1 Å². The zero-order valence-corrected chi connectivity index (χ0v) is 25.1. The smallest absolute Gasteiger partial charge is 0.254 e. The molecule has 0 fully saturated rings. The Balaban J connectivity index is 1.79. The SMILES string of the molecule is COc1ccc(CCN(Cc2cccs2)C(=O)CN(CC(C)C)C(=O)c2ccc(C(C)(C)C)cc2)cc1OC. The summed E-state index contributed by atoms with van der Waals surface area (Å²) in [6, 6.07) is 17.6. The molecule has 0 radical (unpaired) electrons. The average Bonchev–Trinajstić information content (AvgIpc) is 3.42. The highest BCUT2D eigenvalue weighted by Gasteiger charge is 2.24. The fourth-order valence-corrected chi connectivity index (χ4v) is 5.12. The van der Waals surface area contributed by atoms with E-state index in [0.29, 0.717) is 43.1 Å². The molecule has 0 saturated carbocycles. The van der Waals surface area contributed by atoms with Gasteiger partial charge in [-0.15, -0.1) is 11.3 Å². The van der Waals surface area contributed by atoms with Gasteiger partial charge in [-0.3, -0.25) is 9.59 Å². The van der Waals surface area contributed by atoms with Gasteiger partial charge in [0.15, 0.2) is 11.5 Å². The molecule has 0 spiro atoms. The molecule has 0 unspecified atom stereocenters. The minimum Gasteiger partial charge on any atom is -0.493 e. The van der Waals surface area contributed by atoms with Crippen LogP contribution >= 0.6 is 11.3 Å². The number of methoxy groups -OCH3 is 2. The van der Waals surface area contributed by atoms with Crippen molar-refractivity contribution in [2.75, 3.05) is 33.9 Å². The number of hydrogen-bond acceptors (Lipinski definition) is 5. The summed E-state index contributed by atoms with van der Waals surface area (Å²) in [5, 5.41) is 2.02. The van der Waals surface area contributed by atoms with E-state index in [2.05, 4.69) is 34.6 Å². The molecule has 6 nitrogen and oxygen atoms in total. The molecule has 2 aromatic carbocycles. The van der Waals surface area contributed by atoms with Gasteiger partial charge in [-0.1, -0.05) is 58.9 Å². The lowest BCUT2D eigenvalue weighted by molar-refractivity contribution is -0.132. The Hall–Kier alpha value is -3.32. The molecule has 1 heterocycles. The lowest BCUT2D eigenvalue weighted by Crippen LogP contribution is -2.44. The molecule has 0 bridgehead atoms. The predicted octanol–water partition coefficient (Wildman–Crippen LogP) is 6.43. The van der Waals surface area contributed by atoms with Crippen molar-refractivity contribution in [1.82, 2.24) is 9.80 Å². The van der Waals surface area contributed by atoms with Gasteiger partial charge in [0.1, 0.15) is 6.54 Å². The highest BCUT2D eigenvalue weighted by Crippen LogP contribution is 2.28. The van der Waals surface area contributed by atoms with Gasteiger partial charge in [0.05, 0.1) is 20.8 Å². The van der Waals surface area contributed by atoms with Crippen LogP contribution in [0.4, 0.5) is 0 Å².